The van der Waals surface area contributed by atoms with E-state index in [0.29, 0.717) is 0 Å². The number of pyridine rings is 1. The van der Waals surface area contributed by atoms with Gasteiger partial charge in [-0.15, -0.1) is 0 Å². The van der Waals surface area contributed by atoms with Gasteiger partial charge in [0.05, 0.1) is 25.0 Å². The molecule has 1 fully saturated rings. The van der Waals surface area contributed by atoms with E-state index in [0.717, 1.165) is 12.3 Å². The molecule has 1 aliphatic rings. The van der Waals surface area contributed by atoms with Gasteiger partial charge in [0.2, 0.25) is 11.8 Å². The highest BCUT2D eigenvalue weighted by atomic mass is 19.1. The van der Waals surface area contributed by atoms with Gasteiger partial charge in [-0.25, -0.2) is 19.9 Å². The number of halogens is 1. The van der Waals surface area contributed by atoms with Crippen molar-refractivity contribution < 1.29 is 33.7 Å². The fourth-order valence-corrected chi connectivity index (χ4v) is 3.78. The van der Waals surface area contributed by atoms with Crippen molar-refractivity contribution in [3.63, 3.8) is 0 Å². The van der Waals surface area contributed by atoms with Crippen LogP contribution in [0, 0.1) is 17.8 Å². The molecule has 1 saturated heterocycles. The Kier molecular flexibility index (Phi) is 8.08. The lowest BCUT2D eigenvalue weighted by Crippen LogP contribution is -2.41. The summed E-state index contributed by atoms with van der Waals surface area (Å²) in [6, 6.07) is 2.41. The van der Waals surface area contributed by atoms with Crippen LogP contribution in [0.15, 0.2) is 24.7 Å². The number of imidazole rings is 1. The number of ether oxygens (including phenoxy) is 2. The Bertz CT molecular complexity index is 1390. The highest BCUT2D eigenvalue weighted by Crippen LogP contribution is 2.32. The van der Waals surface area contributed by atoms with Gasteiger partial charge in [0.15, 0.2) is 23.8 Å². The van der Waals surface area contributed by atoms with E-state index in [1.54, 1.807) is 0 Å². The molecule has 1 aliphatic heterocycles. The first-order chi connectivity index (χ1) is 18.2. The number of methoxy groups -OCH3 is 1. The van der Waals surface area contributed by atoms with Gasteiger partial charge in [-0.1, -0.05) is 5.92 Å². The molecule has 38 heavy (non-hydrogen) atoms. The standard InChI is InChI=1S/C23H25FN8O6/c1-26-21(35)18-16(33)17(34)23(38-18)32-11-28-15-19(25)29-14(30-20(15)32)4-3-7-31(8-9-37-2)22(36)12-5-6-13(24)27-10-12/h5-6,10-11,16-18,23,33-34H,7-9H2,1-2H3,(H,26,35)(H2,25,29,30)/t16?,17-,18+,23-/m1/s1. The molecule has 4 heterocycles. The number of carbonyl (C=O) groups is 2. The molecule has 4 atom stereocenters. The molecule has 3 aromatic heterocycles. The highest BCUT2D eigenvalue weighted by molar-refractivity contribution is 5.94. The van der Waals surface area contributed by atoms with Gasteiger partial charge in [0.25, 0.3) is 11.8 Å². The van der Waals surface area contributed by atoms with E-state index < -0.39 is 42.3 Å². The number of anilines is 1. The maximum atomic E-state index is 13.1. The summed E-state index contributed by atoms with van der Waals surface area (Å²) in [5.41, 5.74) is 6.57. The Morgan fingerprint density at radius 1 is 1.29 bits per heavy atom. The molecule has 0 aliphatic carbocycles. The van der Waals surface area contributed by atoms with Crippen LogP contribution in [0.2, 0.25) is 0 Å². The highest BCUT2D eigenvalue weighted by Gasteiger charge is 2.47. The molecule has 4 rings (SSSR count). The van der Waals surface area contributed by atoms with E-state index in [4.69, 9.17) is 15.2 Å². The number of rotatable bonds is 7. The summed E-state index contributed by atoms with van der Waals surface area (Å²) in [4.78, 5) is 42.3. The fraction of sp³-hybridized carbons (Fsp3) is 0.391. The largest absolute Gasteiger partial charge is 0.387 e. The molecule has 0 spiro atoms. The third kappa shape index (κ3) is 5.38. The second-order valence-electron chi connectivity index (χ2n) is 8.19. The molecule has 5 N–H and O–H groups in total. The van der Waals surface area contributed by atoms with E-state index in [-0.39, 0.29) is 48.1 Å². The van der Waals surface area contributed by atoms with Gasteiger partial charge in [0, 0.05) is 26.9 Å². The quantitative estimate of drug-likeness (QED) is 0.205. The smallest absolute Gasteiger partial charge is 0.256 e. The van der Waals surface area contributed by atoms with Crippen LogP contribution in [-0.2, 0) is 14.3 Å². The van der Waals surface area contributed by atoms with E-state index in [2.05, 4.69) is 37.1 Å². The summed E-state index contributed by atoms with van der Waals surface area (Å²) in [7, 11) is 2.87. The Morgan fingerprint density at radius 3 is 2.76 bits per heavy atom. The van der Waals surface area contributed by atoms with Crippen LogP contribution in [0.5, 0.6) is 0 Å². The average Bonchev–Trinajstić information content (AvgIpc) is 3.46. The third-order valence-corrected chi connectivity index (χ3v) is 5.76. The first kappa shape index (κ1) is 26.8. The van der Waals surface area contributed by atoms with Crippen molar-refractivity contribution in [3.8, 4) is 11.8 Å². The number of fused-ring (bicyclic) bond motifs is 1. The molecular weight excluding hydrogens is 503 g/mol. The van der Waals surface area contributed by atoms with E-state index in [1.165, 1.54) is 36.0 Å². The SMILES string of the molecule is CNC(=O)[C@H]1O[C@@H](n2cnc3c(N)nc(C#CCN(CCOC)C(=O)c4ccc(F)nc4)nc32)[C@H](O)C1O. The van der Waals surface area contributed by atoms with Crippen molar-refractivity contribution in [1.82, 2.24) is 34.7 Å². The molecule has 15 heteroatoms. The summed E-state index contributed by atoms with van der Waals surface area (Å²) in [6.07, 6.45) is -3.00. The zero-order valence-corrected chi connectivity index (χ0v) is 20.4. The molecule has 1 unspecified atom stereocenters. The molecule has 3 aromatic rings. The zero-order chi connectivity index (χ0) is 27.4. The van der Waals surface area contributed by atoms with Crippen LogP contribution in [0.1, 0.15) is 22.4 Å². The Morgan fingerprint density at radius 2 is 2.08 bits per heavy atom. The van der Waals surface area contributed by atoms with Crippen molar-refractivity contribution in [2.75, 3.05) is 39.6 Å². The van der Waals surface area contributed by atoms with Crippen molar-refractivity contribution in [2.45, 2.75) is 24.5 Å². The molecule has 0 aromatic carbocycles. The predicted molar refractivity (Wildman–Crippen MR) is 129 cm³/mol. The number of aliphatic hydroxyl groups excluding tert-OH is 2. The molecule has 0 saturated carbocycles. The molecular formula is C23H25FN8O6. The summed E-state index contributed by atoms with van der Waals surface area (Å²) in [5, 5.41) is 23.1. The molecule has 14 nitrogen and oxygen atoms in total. The second kappa shape index (κ2) is 11.4. The zero-order valence-electron chi connectivity index (χ0n) is 20.4. The van der Waals surface area contributed by atoms with E-state index in [1.807, 2.05) is 0 Å². The molecule has 200 valence electrons. The number of carbonyl (C=O) groups excluding carboxylic acids is 2. The van der Waals surface area contributed by atoms with Gasteiger partial charge in [-0.2, -0.15) is 4.39 Å². The van der Waals surface area contributed by atoms with Crippen molar-refractivity contribution in [2.24, 2.45) is 0 Å². The van der Waals surface area contributed by atoms with Crippen molar-refractivity contribution in [1.29, 1.82) is 0 Å². The Labute approximate surface area is 215 Å². The topological polar surface area (TPSA) is 191 Å². The molecule has 0 bridgehead atoms. The lowest BCUT2D eigenvalue weighted by atomic mass is 10.1. The van der Waals surface area contributed by atoms with E-state index >= 15 is 0 Å². The van der Waals surface area contributed by atoms with Crippen LogP contribution in [0.25, 0.3) is 11.2 Å². The Hall–Kier alpha value is -4.23. The van der Waals surface area contributed by atoms with Crippen LogP contribution in [-0.4, -0.2) is 104 Å². The molecule has 0 radical (unpaired) electrons. The summed E-state index contributed by atoms with van der Waals surface area (Å²) >= 11 is 0. The average molecular weight is 529 g/mol. The normalized spacial score (nSPS) is 20.7. The number of nitrogen functional groups attached to an aromatic ring is 1. The van der Waals surface area contributed by atoms with Gasteiger partial charge in [-0.3, -0.25) is 14.2 Å². The lowest BCUT2D eigenvalue weighted by Gasteiger charge is -2.19. The minimum absolute atomic E-state index is 0.00126. The van der Waals surface area contributed by atoms with Gasteiger partial charge >= 0.3 is 0 Å². The predicted octanol–water partition coefficient (Wildman–Crippen LogP) is -1.55. The maximum Gasteiger partial charge on any atom is 0.256 e. The fourth-order valence-electron chi connectivity index (χ4n) is 3.78. The summed E-state index contributed by atoms with van der Waals surface area (Å²) in [5.74, 6) is 3.82. The number of aromatic nitrogens is 5. The number of nitrogens with one attached hydrogen (secondary N) is 1. The Balaban J connectivity index is 1.59. The second-order valence-corrected chi connectivity index (χ2v) is 8.19. The first-order valence-electron chi connectivity index (χ1n) is 11.4. The minimum atomic E-state index is -1.48. The van der Waals surface area contributed by atoms with Crippen molar-refractivity contribution >= 4 is 28.8 Å². The van der Waals surface area contributed by atoms with Crippen molar-refractivity contribution in [3.05, 3.63) is 42.0 Å². The number of nitrogens with two attached hydrogens (primary N) is 1. The summed E-state index contributed by atoms with van der Waals surface area (Å²) in [6.45, 7) is 0.412. The van der Waals surface area contributed by atoms with Gasteiger partial charge in [-0.05, 0) is 18.1 Å². The lowest BCUT2D eigenvalue weighted by molar-refractivity contribution is -0.137. The summed E-state index contributed by atoms with van der Waals surface area (Å²) < 4.78 is 25.1. The number of amides is 2. The monoisotopic (exact) mass is 528 g/mol. The van der Waals surface area contributed by atoms with Gasteiger partial charge in [0.1, 0.15) is 17.7 Å². The third-order valence-electron chi connectivity index (χ3n) is 5.76. The van der Waals surface area contributed by atoms with Crippen LogP contribution < -0.4 is 11.1 Å². The van der Waals surface area contributed by atoms with Crippen LogP contribution >= 0.6 is 0 Å². The number of nitrogens with zero attached hydrogens (tertiary/aromatic N) is 6. The van der Waals surface area contributed by atoms with Gasteiger partial charge < -0.3 is 35.6 Å². The van der Waals surface area contributed by atoms with Crippen LogP contribution in [0.3, 0.4) is 0 Å². The van der Waals surface area contributed by atoms with Crippen LogP contribution in [0.4, 0.5) is 10.2 Å². The number of aliphatic hydroxyl groups is 2. The maximum absolute atomic E-state index is 13.1. The number of hydrogen-bond donors (Lipinski definition) is 4. The molecule has 2 amide bonds. The van der Waals surface area contributed by atoms with E-state index in [9.17, 15) is 24.2 Å². The minimum Gasteiger partial charge on any atom is -0.387 e. The first-order valence-corrected chi connectivity index (χ1v) is 11.4. The number of hydrogen-bond acceptors (Lipinski definition) is 11. The number of likely N-dealkylation sites (N-methyl/N-ethyl adjacent to an activating group) is 1.